The van der Waals surface area contributed by atoms with Crippen LogP contribution in [0.2, 0.25) is 0 Å². The third-order valence-corrected chi connectivity index (χ3v) is 11.5. The van der Waals surface area contributed by atoms with Crippen LogP contribution >= 0.6 is 11.3 Å². The Morgan fingerprint density at radius 3 is 1.96 bits per heavy atom. The van der Waals surface area contributed by atoms with Gasteiger partial charge in [0.05, 0.1) is 24.2 Å². The lowest BCUT2D eigenvalue weighted by atomic mass is 9.95. The fourth-order valence-corrected chi connectivity index (χ4v) is 7.93. The van der Waals surface area contributed by atoms with Gasteiger partial charge in [-0.3, -0.25) is 0 Å². The summed E-state index contributed by atoms with van der Waals surface area (Å²) in [4.78, 5) is 2.56. The minimum Gasteiger partial charge on any atom is -0.494 e. The molecule has 4 aromatic rings. The molecule has 8 nitrogen and oxygen atoms in total. The number of azo groups is 2. The highest BCUT2D eigenvalue weighted by Crippen LogP contribution is 2.48. The van der Waals surface area contributed by atoms with Crippen molar-refractivity contribution >= 4 is 44.1 Å². The highest BCUT2D eigenvalue weighted by molar-refractivity contribution is 7.20. The van der Waals surface area contributed by atoms with Gasteiger partial charge in [0.2, 0.25) is 0 Å². The number of hydrogen-bond donors (Lipinski definition) is 1. The van der Waals surface area contributed by atoms with Crippen molar-refractivity contribution in [3.8, 4) is 22.9 Å². The Balaban J connectivity index is 1.73. The maximum Gasteiger partial charge on any atom is 0.159 e. The smallest absolute Gasteiger partial charge is 0.159 e. The molecule has 0 fully saturated rings. The Labute approximate surface area is 335 Å². The van der Waals surface area contributed by atoms with E-state index in [9.17, 15) is 5.26 Å². The summed E-state index contributed by atoms with van der Waals surface area (Å²) in [6, 6.07) is 24.7. The summed E-state index contributed by atoms with van der Waals surface area (Å²) in [6.07, 6.45) is 14.3. The third-order valence-electron chi connectivity index (χ3n) is 10.5. The number of aryl methyl sites for hydroxylation is 1. The first kappa shape index (κ1) is 43.2. The Morgan fingerprint density at radius 1 is 0.764 bits per heavy atom. The van der Waals surface area contributed by atoms with Crippen molar-refractivity contribution in [2.24, 2.45) is 32.3 Å². The number of nitriles is 1. The van der Waals surface area contributed by atoms with Crippen LogP contribution in [0.3, 0.4) is 0 Å². The number of nitrogens with one attached hydrogen (secondary N) is 1. The summed E-state index contributed by atoms with van der Waals surface area (Å²) >= 11 is 1.32. The van der Waals surface area contributed by atoms with E-state index in [0.717, 1.165) is 60.7 Å². The molecule has 1 N–H and O–H groups in total. The van der Waals surface area contributed by atoms with E-state index < -0.39 is 0 Å². The van der Waals surface area contributed by atoms with Crippen molar-refractivity contribution in [3.05, 3.63) is 77.9 Å². The van der Waals surface area contributed by atoms with Crippen LogP contribution in [-0.2, 0) is 6.42 Å². The summed E-state index contributed by atoms with van der Waals surface area (Å²) in [6.45, 7) is 13.4. The lowest BCUT2D eigenvalue weighted by molar-refractivity contribution is 0.390. The summed E-state index contributed by atoms with van der Waals surface area (Å²) in [7, 11) is 3.65. The van der Waals surface area contributed by atoms with Gasteiger partial charge in [-0.25, -0.2) is 0 Å². The molecule has 1 aromatic heterocycles. The maximum atomic E-state index is 10.5. The molecule has 0 saturated heterocycles. The maximum absolute atomic E-state index is 10.5. The molecular weight excluding hydrogens is 699 g/mol. The zero-order valence-corrected chi connectivity index (χ0v) is 35.2. The SMILES string of the molecule is CCCCCc1ccc(N=Nc2sc(/N=N/c3cc(OC)c(N(CC(CC)CCCC)CC(CC)CCCC)cc3NC)c(C#N)c2-c2ccccc2)cc1. The highest BCUT2D eigenvalue weighted by Gasteiger charge is 2.23. The van der Waals surface area contributed by atoms with E-state index in [1.165, 1.54) is 74.7 Å². The first-order valence-corrected chi connectivity index (χ1v) is 21.4. The fourth-order valence-electron chi connectivity index (χ4n) is 7.02. The topological polar surface area (TPSA) is 97.7 Å². The lowest BCUT2D eigenvalue weighted by Crippen LogP contribution is -2.34. The minimum absolute atomic E-state index is 0.427. The van der Waals surface area contributed by atoms with Crippen LogP contribution in [0.25, 0.3) is 11.1 Å². The van der Waals surface area contributed by atoms with E-state index in [2.05, 4.69) is 79.3 Å². The van der Waals surface area contributed by atoms with Crippen LogP contribution in [0.5, 0.6) is 5.75 Å². The van der Waals surface area contributed by atoms with E-state index in [1.54, 1.807) is 7.11 Å². The normalized spacial score (nSPS) is 12.6. The number of unbranched alkanes of at least 4 members (excludes halogenated alkanes) is 4. The number of hydrogen-bond acceptors (Lipinski definition) is 9. The van der Waals surface area contributed by atoms with E-state index in [4.69, 9.17) is 15.0 Å². The van der Waals surface area contributed by atoms with E-state index >= 15 is 0 Å². The zero-order chi connectivity index (χ0) is 39.4. The highest BCUT2D eigenvalue weighted by atomic mass is 32.1. The summed E-state index contributed by atoms with van der Waals surface area (Å²) < 4.78 is 6.09. The number of nitrogens with zero attached hydrogens (tertiary/aromatic N) is 6. The lowest BCUT2D eigenvalue weighted by Gasteiger charge is -2.34. The average Bonchev–Trinajstić information content (AvgIpc) is 3.59. The molecule has 0 aliphatic rings. The molecular formula is C46H63N7OS. The molecule has 0 amide bonds. The quantitative estimate of drug-likeness (QED) is 0.0568. The number of thiophene rings is 1. The third kappa shape index (κ3) is 12.5. The van der Waals surface area contributed by atoms with Gasteiger partial charge >= 0.3 is 0 Å². The Hall–Kier alpha value is -4.55. The van der Waals surface area contributed by atoms with Gasteiger partial charge in [0.25, 0.3) is 0 Å². The second-order valence-electron chi connectivity index (χ2n) is 14.5. The van der Waals surface area contributed by atoms with Crippen LogP contribution in [0.15, 0.2) is 87.2 Å². The van der Waals surface area contributed by atoms with Crippen molar-refractivity contribution in [2.45, 2.75) is 112 Å². The van der Waals surface area contributed by atoms with Gasteiger partial charge in [0.1, 0.15) is 28.1 Å². The van der Waals surface area contributed by atoms with E-state index in [-0.39, 0.29) is 0 Å². The molecule has 0 saturated carbocycles. The number of benzene rings is 3. The number of rotatable bonds is 24. The monoisotopic (exact) mass is 761 g/mol. The Kier molecular flexibility index (Phi) is 18.4. The minimum atomic E-state index is 0.427. The predicted octanol–water partition coefficient (Wildman–Crippen LogP) is 15.1. The Bertz CT molecular complexity index is 1810. The van der Waals surface area contributed by atoms with Crippen molar-refractivity contribution < 1.29 is 4.74 Å². The van der Waals surface area contributed by atoms with Gasteiger partial charge in [0.15, 0.2) is 5.00 Å². The van der Waals surface area contributed by atoms with Gasteiger partial charge < -0.3 is 15.0 Å². The fraction of sp³-hybridized carbons (Fsp3) is 0.500. The molecule has 0 radical (unpaired) electrons. The first-order valence-electron chi connectivity index (χ1n) is 20.6. The van der Waals surface area contributed by atoms with Crippen LogP contribution in [0.4, 0.5) is 32.8 Å². The van der Waals surface area contributed by atoms with E-state index in [0.29, 0.717) is 38.7 Å². The molecule has 1 heterocycles. The summed E-state index contributed by atoms with van der Waals surface area (Å²) in [5.41, 5.74) is 6.65. The molecule has 3 aromatic carbocycles. The predicted molar refractivity (Wildman–Crippen MR) is 234 cm³/mol. The van der Waals surface area contributed by atoms with Gasteiger partial charge in [-0.05, 0) is 66.8 Å². The van der Waals surface area contributed by atoms with Crippen LogP contribution < -0.4 is 15.0 Å². The summed E-state index contributed by atoms with van der Waals surface area (Å²) in [5.74, 6) is 1.98. The molecule has 2 atom stereocenters. The van der Waals surface area contributed by atoms with Gasteiger partial charge in [-0.15, -0.1) is 20.5 Å². The van der Waals surface area contributed by atoms with Crippen molar-refractivity contribution in [1.82, 2.24) is 0 Å². The molecule has 0 aliphatic carbocycles. The Morgan fingerprint density at radius 2 is 1.40 bits per heavy atom. The molecule has 2 unspecified atom stereocenters. The van der Waals surface area contributed by atoms with Gasteiger partial charge in [-0.1, -0.05) is 140 Å². The van der Waals surface area contributed by atoms with Crippen molar-refractivity contribution in [3.63, 3.8) is 0 Å². The second-order valence-corrected chi connectivity index (χ2v) is 15.5. The average molecular weight is 762 g/mol. The molecule has 9 heteroatoms. The van der Waals surface area contributed by atoms with Crippen LogP contribution in [0, 0.1) is 23.2 Å². The zero-order valence-electron chi connectivity index (χ0n) is 34.4. The number of anilines is 2. The number of methoxy groups -OCH3 is 1. The molecule has 4 rings (SSSR count). The van der Waals surface area contributed by atoms with Gasteiger partial charge in [-0.2, -0.15) is 5.26 Å². The molecule has 294 valence electrons. The molecule has 0 spiro atoms. The molecule has 55 heavy (non-hydrogen) atoms. The van der Waals surface area contributed by atoms with Crippen LogP contribution in [0.1, 0.15) is 116 Å². The number of ether oxygens (including phenoxy) is 1. The van der Waals surface area contributed by atoms with Crippen molar-refractivity contribution in [1.29, 1.82) is 5.26 Å². The standard InChI is InChI=1S/C46H63N7OS/c1-8-13-17-22-36-25-27-38(28-26-36)49-52-46-44(37-23-18-16-19-24-37)39(31-47)45(55-46)51-50-41-30-43(54-7)42(29-40(41)48-6)53(32-34(11-4)20-14-9-2)33-35(12-5)21-15-10-3/h16,18-19,23-30,34-35,48H,8-15,17,20-22,32-33H2,1-7H3/b51-50+,52-49?. The summed E-state index contributed by atoms with van der Waals surface area (Å²) in [5, 5.41) is 33.7. The molecule has 0 bridgehead atoms. The first-order chi connectivity index (χ1) is 26.9. The molecule has 0 aliphatic heterocycles. The second kappa shape index (κ2) is 23.4. The van der Waals surface area contributed by atoms with Gasteiger partial charge in [0, 0.05) is 31.8 Å². The largest absolute Gasteiger partial charge is 0.494 e. The van der Waals surface area contributed by atoms with E-state index in [1.807, 2.05) is 55.6 Å². The van der Waals surface area contributed by atoms with Crippen LogP contribution in [-0.4, -0.2) is 27.2 Å². The van der Waals surface area contributed by atoms with Crippen molar-refractivity contribution in [2.75, 3.05) is 37.5 Å².